The minimum Gasteiger partial charge on any atom is -0.497 e. The molecule has 5 heteroatoms. The Morgan fingerprint density at radius 1 is 1.10 bits per heavy atom. The number of piperidine rings is 1. The largest absolute Gasteiger partial charge is 0.497 e. The van der Waals surface area contributed by atoms with Crippen molar-refractivity contribution in [2.24, 2.45) is 0 Å². The van der Waals surface area contributed by atoms with Gasteiger partial charge in [-0.05, 0) is 73.4 Å². The fraction of sp³-hybridized carbons (Fsp3) is 0.308. The third-order valence-electron chi connectivity index (χ3n) is 5.89. The first-order valence-corrected chi connectivity index (χ1v) is 10.8. The number of hydrogen-bond donors (Lipinski definition) is 0. The number of hydrogen-bond acceptors (Lipinski definition) is 3. The molecule has 0 radical (unpaired) electrons. The first-order valence-electron chi connectivity index (χ1n) is 10.8. The number of benzene rings is 2. The Kier molecular flexibility index (Phi) is 6.60. The number of amides is 1. The van der Waals surface area contributed by atoms with Gasteiger partial charge in [-0.2, -0.15) is 0 Å². The van der Waals surface area contributed by atoms with Crippen LogP contribution in [0.15, 0.2) is 66.7 Å². The third kappa shape index (κ3) is 5.29. The van der Waals surface area contributed by atoms with Gasteiger partial charge in [0.2, 0.25) is 5.91 Å². The van der Waals surface area contributed by atoms with E-state index >= 15 is 0 Å². The lowest BCUT2D eigenvalue weighted by Gasteiger charge is -2.32. The highest BCUT2D eigenvalue weighted by Gasteiger charge is 2.25. The fourth-order valence-electron chi connectivity index (χ4n) is 4.11. The number of nitrogens with zero attached hydrogens (tertiary/aromatic N) is 2. The van der Waals surface area contributed by atoms with E-state index in [0.717, 1.165) is 54.1 Å². The number of pyridine rings is 1. The maximum Gasteiger partial charge on any atom is 0.222 e. The molecule has 0 N–H and O–H groups in total. The van der Waals surface area contributed by atoms with Crippen molar-refractivity contribution in [2.75, 3.05) is 20.2 Å². The number of aromatic nitrogens is 1. The van der Waals surface area contributed by atoms with Crippen molar-refractivity contribution in [1.29, 1.82) is 0 Å². The van der Waals surface area contributed by atoms with Crippen LogP contribution in [0, 0.1) is 5.82 Å². The van der Waals surface area contributed by atoms with Crippen LogP contribution in [0.25, 0.3) is 11.3 Å². The molecule has 0 bridgehead atoms. The SMILES string of the molecule is COc1ccc(CCC(=O)N2CCC[C@H](c3cccc(-c4ccc(F)cc4)n3)C2)cc1. The summed E-state index contributed by atoms with van der Waals surface area (Å²) in [6.45, 7) is 1.50. The van der Waals surface area contributed by atoms with E-state index in [0.29, 0.717) is 13.0 Å². The Hall–Kier alpha value is -3.21. The van der Waals surface area contributed by atoms with Crippen LogP contribution in [-0.2, 0) is 11.2 Å². The minimum atomic E-state index is -0.254. The maximum absolute atomic E-state index is 13.2. The molecule has 4 nitrogen and oxygen atoms in total. The van der Waals surface area contributed by atoms with E-state index in [1.807, 2.05) is 47.4 Å². The van der Waals surface area contributed by atoms with Gasteiger partial charge in [0.1, 0.15) is 11.6 Å². The Labute approximate surface area is 182 Å². The molecule has 0 aliphatic carbocycles. The lowest BCUT2D eigenvalue weighted by atomic mass is 9.93. The Bertz CT molecular complexity index is 1020. The second-order valence-corrected chi connectivity index (χ2v) is 7.98. The summed E-state index contributed by atoms with van der Waals surface area (Å²) in [5.74, 6) is 0.981. The van der Waals surface area contributed by atoms with Crippen LogP contribution in [0.4, 0.5) is 4.39 Å². The number of carbonyl (C=O) groups is 1. The van der Waals surface area contributed by atoms with Crippen molar-refractivity contribution in [2.45, 2.75) is 31.6 Å². The van der Waals surface area contributed by atoms with Gasteiger partial charge in [-0.1, -0.05) is 18.2 Å². The van der Waals surface area contributed by atoms with Gasteiger partial charge in [0.05, 0.1) is 12.8 Å². The Balaban J connectivity index is 1.39. The van der Waals surface area contributed by atoms with Gasteiger partial charge in [0.15, 0.2) is 0 Å². The topological polar surface area (TPSA) is 42.4 Å². The Morgan fingerprint density at radius 3 is 2.61 bits per heavy atom. The summed E-state index contributed by atoms with van der Waals surface area (Å²) in [6.07, 6.45) is 3.22. The first kappa shape index (κ1) is 21.0. The summed E-state index contributed by atoms with van der Waals surface area (Å²) in [4.78, 5) is 19.6. The number of likely N-dealkylation sites (tertiary alicyclic amines) is 1. The summed E-state index contributed by atoms with van der Waals surface area (Å²) < 4.78 is 18.4. The molecule has 4 rings (SSSR count). The van der Waals surface area contributed by atoms with Gasteiger partial charge in [-0.25, -0.2) is 4.39 Å². The number of methoxy groups -OCH3 is 1. The second-order valence-electron chi connectivity index (χ2n) is 7.98. The molecule has 0 unspecified atom stereocenters. The van der Waals surface area contributed by atoms with Crippen LogP contribution in [0.2, 0.25) is 0 Å². The molecular formula is C26H27FN2O2. The third-order valence-corrected chi connectivity index (χ3v) is 5.89. The van der Waals surface area contributed by atoms with Gasteiger partial charge >= 0.3 is 0 Å². The van der Waals surface area contributed by atoms with Crippen LogP contribution in [0.1, 0.15) is 36.4 Å². The number of halogens is 1. The number of aryl methyl sites for hydroxylation is 1. The fourth-order valence-corrected chi connectivity index (χ4v) is 4.11. The lowest BCUT2D eigenvalue weighted by molar-refractivity contribution is -0.132. The average molecular weight is 419 g/mol. The second kappa shape index (κ2) is 9.73. The standard InChI is InChI=1S/C26H27FN2O2/c1-31-23-14-7-19(8-15-23)9-16-26(30)29-17-3-4-21(18-29)25-6-2-5-24(28-25)20-10-12-22(27)13-11-20/h2,5-8,10-15,21H,3-4,9,16-18H2,1H3/t21-/m0/s1. The number of carbonyl (C=O) groups excluding carboxylic acids is 1. The molecule has 3 aromatic rings. The predicted molar refractivity (Wildman–Crippen MR) is 120 cm³/mol. The van der Waals surface area contributed by atoms with Crippen molar-refractivity contribution in [3.63, 3.8) is 0 Å². The zero-order chi connectivity index (χ0) is 21.6. The smallest absolute Gasteiger partial charge is 0.222 e. The van der Waals surface area contributed by atoms with Gasteiger partial charge in [-0.3, -0.25) is 9.78 Å². The van der Waals surface area contributed by atoms with E-state index in [4.69, 9.17) is 9.72 Å². The number of rotatable bonds is 6. The zero-order valence-corrected chi connectivity index (χ0v) is 17.8. The monoisotopic (exact) mass is 418 g/mol. The van der Waals surface area contributed by atoms with E-state index in [1.54, 1.807) is 19.2 Å². The van der Waals surface area contributed by atoms with E-state index < -0.39 is 0 Å². The minimum absolute atomic E-state index is 0.190. The molecule has 1 atom stereocenters. The molecule has 0 saturated carbocycles. The summed E-state index contributed by atoms with van der Waals surface area (Å²) >= 11 is 0. The summed E-state index contributed by atoms with van der Waals surface area (Å²) in [6, 6.07) is 20.2. The van der Waals surface area contributed by atoms with Crippen LogP contribution in [0.3, 0.4) is 0 Å². The van der Waals surface area contributed by atoms with E-state index in [1.165, 1.54) is 12.1 Å². The zero-order valence-electron chi connectivity index (χ0n) is 17.8. The van der Waals surface area contributed by atoms with Crippen molar-refractivity contribution in [3.8, 4) is 17.0 Å². The molecule has 160 valence electrons. The summed E-state index contributed by atoms with van der Waals surface area (Å²) in [5, 5.41) is 0. The van der Waals surface area contributed by atoms with E-state index in [-0.39, 0.29) is 17.6 Å². The first-order chi connectivity index (χ1) is 15.1. The van der Waals surface area contributed by atoms with Gasteiger partial charge in [0, 0.05) is 36.7 Å². The molecule has 1 fully saturated rings. The van der Waals surface area contributed by atoms with Crippen molar-refractivity contribution in [3.05, 3.63) is 83.8 Å². The molecule has 1 aliphatic rings. The molecular weight excluding hydrogens is 391 g/mol. The molecule has 2 heterocycles. The lowest BCUT2D eigenvalue weighted by Crippen LogP contribution is -2.39. The van der Waals surface area contributed by atoms with Crippen molar-refractivity contribution < 1.29 is 13.9 Å². The van der Waals surface area contributed by atoms with Gasteiger partial charge in [-0.15, -0.1) is 0 Å². The van der Waals surface area contributed by atoms with Crippen LogP contribution >= 0.6 is 0 Å². The highest BCUT2D eigenvalue weighted by molar-refractivity contribution is 5.76. The predicted octanol–water partition coefficient (Wildman–Crippen LogP) is 5.24. The van der Waals surface area contributed by atoms with E-state index in [2.05, 4.69) is 0 Å². The van der Waals surface area contributed by atoms with Gasteiger partial charge in [0.25, 0.3) is 0 Å². The normalized spacial score (nSPS) is 16.2. The molecule has 1 aliphatic heterocycles. The van der Waals surface area contributed by atoms with Crippen molar-refractivity contribution in [1.82, 2.24) is 9.88 Å². The summed E-state index contributed by atoms with van der Waals surface area (Å²) in [5.41, 5.74) is 3.86. The highest BCUT2D eigenvalue weighted by Crippen LogP contribution is 2.28. The van der Waals surface area contributed by atoms with Gasteiger partial charge < -0.3 is 9.64 Å². The van der Waals surface area contributed by atoms with Crippen LogP contribution in [-0.4, -0.2) is 36.0 Å². The van der Waals surface area contributed by atoms with Crippen LogP contribution < -0.4 is 4.74 Å². The van der Waals surface area contributed by atoms with E-state index in [9.17, 15) is 9.18 Å². The quantitative estimate of drug-likeness (QED) is 0.550. The average Bonchev–Trinajstić information content (AvgIpc) is 2.83. The molecule has 1 amide bonds. The molecule has 2 aromatic carbocycles. The highest BCUT2D eigenvalue weighted by atomic mass is 19.1. The van der Waals surface area contributed by atoms with Crippen LogP contribution in [0.5, 0.6) is 5.75 Å². The maximum atomic E-state index is 13.2. The van der Waals surface area contributed by atoms with Crippen molar-refractivity contribution >= 4 is 5.91 Å². The molecule has 31 heavy (non-hydrogen) atoms. The summed E-state index contributed by atoms with van der Waals surface area (Å²) in [7, 11) is 1.65. The Morgan fingerprint density at radius 2 is 1.87 bits per heavy atom. The molecule has 1 saturated heterocycles. The number of ether oxygens (including phenoxy) is 1. The molecule has 0 spiro atoms. The molecule has 1 aromatic heterocycles.